The Hall–Kier alpha value is -1.63. The molecule has 0 radical (unpaired) electrons. The third-order valence-electron chi connectivity index (χ3n) is 4.33. The summed E-state index contributed by atoms with van der Waals surface area (Å²) in [6.07, 6.45) is 6.82. The summed E-state index contributed by atoms with van der Waals surface area (Å²) >= 11 is 0. The molecule has 24 heavy (non-hydrogen) atoms. The third kappa shape index (κ3) is 4.06. The highest BCUT2D eigenvalue weighted by Crippen LogP contribution is 2.27. The molecule has 2 N–H and O–H groups in total. The minimum atomic E-state index is -0.600. The molecule has 0 atom stereocenters. The van der Waals surface area contributed by atoms with Gasteiger partial charge in [0.15, 0.2) is 0 Å². The minimum Gasteiger partial charge on any atom is -0.348 e. The molecule has 1 aliphatic heterocycles. The van der Waals surface area contributed by atoms with E-state index in [0.29, 0.717) is 6.54 Å². The highest BCUT2D eigenvalue weighted by molar-refractivity contribution is 5.85. The fraction of sp³-hybridized carbons (Fsp3) is 0.438. The monoisotopic (exact) mass is 371 g/mol. The molecule has 1 saturated heterocycles. The van der Waals surface area contributed by atoms with Gasteiger partial charge in [-0.05, 0) is 50.6 Å². The van der Waals surface area contributed by atoms with Gasteiger partial charge in [-0.2, -0.15) is 5.10 Å². The van der Waals surface area contributed by atoms with Crippen LogP contribution in [0.2, 0.25) is 0 Å². The Labute approximate surface area is 154 Å². The third-order valence-corrected chi connectivity index (χ3v) is 4.33. The zero-order valence-corrected chi connectivity index (χ0v) is 15.2. The molecule has 0 aromatic carbocycles. The smallest absolute Gasteiger partial charge is 0.248 e. The lowest BCUT2D eigenvalue weighted by molar-refractivity contribution is -0.132. The number of carbonyl (C=O) groups is 1. The fourth-order valence-corrected chi connectivity index (χ4v) is 2.95. The summed E-state index contributed by atoms with van der Waals surface area (Å²) in [5.74, 6) is 0.0164. The summed E-state index contributed by atoms with van der Waals surface area (Å²) in [5, 5.41) is 10.7. The summed E-state index contributed by atoms with van der Waals surface area (Å²) in [5.41, 5.74) is 1.39. The maximum Gasteiger partial charge on any atom is 0.248 e. The molecule has 6 nitrogen and oxygen atoms in total. The Morgan fingerprint density at radius 3 is 2.67 bits per heavy atom. The maximum atomic E-state index is 12.9. The first-order valence-electron chi connectivity index (χ1n) is 7.62. The fourth-order valence-electron chi connectivity index (χ4n) is 2.95. The predicted molar refractivity (Wildman–Crippen MR) is 97.6 cm³/mol. The molecule has 1 amide bonds. The van der Waals surface area contributed by atoms with Gasteiger partial charge in [-0.1, -0.05) is 6.07 Å². The number of hydrogen-bond acceptors (Lipinski definition) is 4. The Bertz CT molecular complexity index is 642. The van der Waals surface area contributed by atoms with Crippen molar-refractivity contribution in [3.8, 4) is 0 Å². The van der Waals surface area contributed by atoms with Gasteiger partial charge in [-0.25, -0.2) is 0 Å². The van der Waals surface area contributed by atoms with Crippen LogP contribution in [0, 0.1) is 6.92 Å². The highest BCUT2D eigenvalue weighted by Gasteiger charge is 2.41. The number of hydrogen-bond donors (Lipinski definition) is 2. The summed E-state index contributed by atoms with van der Waals surface area (Å²) in [4.78, 5) is 17.2. The number of nitrogens with one attached hydrogen (secondary N) is 2. The number of piperidine rings is 1. The molecular weight excluding hydrogens is 349 g/mol. The van der Waals surface area contributed by atoms with Gasteiger partial charge in [0.25, 0.3) is 0 Å². The van der Waals surface area contributed by atoms with Gasteiger partial charge >= 0.3 is 0 Å². The van der Waals surface area contributed by atoms with Crippen molar-refractivity contribution in [3.63, 3.8) is 0 Å². The molecule has 0 aliphatic carbocycles. The van der Waals surface area contributed by atoms with Crippen LogP contribution in [-0.4, -0.2) is 33.8 Å². The molecule has 0 unspecified atom stereocenters. The largest absolute Gasteiger partial charge is 0.348 e. The van der Waals surface area contributed by atoms with Crippen molar-refractivity contribution in [2.24, 2.45) is 0 Å². The van der Waals surface area contributed by atoms with Crippen molar-refractivity contribution in [1.29, 1.82) is 0 Å². The number of halogens is 2. The van der Waals surface area contributed by atoms with Crippen LogP contribution in [0.5, 0.6) is 0 Å². The Balaban J connectivity index is 0.00000144. The summed E-state index contributed by atoms with van der Waals surface area (Å²) < 4.78 is 1.80. The van der Waals surface area contributed by atoms with E-state index in [4.69, 9.17) is 0 Å². The van der Waals surface area contributed by atoms with Crippen molar-refractivity contribution >= 4 is 30.7 Å². The van der Waals surface area contributed by atoms with Crippen LogP contribution >= 0.6 is 24.8 Å². The molecule has 132 valence electrons. The van der Waals surface area contributed by atoms with Gasteiger partial charge in [0.1, 0.15) is 5.54 Å². The normalized spacial score (nSPS) is 15.7. The van der Waals surface area contributed by atoms with Crippen LogP contribution in [0.3, 0.4) is 0 Å². The Morgan fingerprint density at radius 1 is 1.29 bits per heavy atom. The molecular formula is C16H23Cl2N5O. The van der Waals surface area contributed by atoms with E-state index in [1.165, 1.54) is 0 Å². The number of amides is 1. The number of nitrogens with zero attached hydrogens (tertiary/aromatic N) is 3. The summed E-state index contributed by atoms with van der Waals surface area (Å²) in [6.45, 7) is 4.08. The molecule has 0 saturated carbocycles. The first-order chi connectivity index (χ1) is 10.7. The first kappa shape index (κ1) is 20.4. The van der Waals surface area contributed by atoms with Gasteiger partial charge in [0.2, 0.25) is 5.91 Å². The molecule has 1 fully saturated rings. The topological polar surface area (TPSA) is 71.8 Å². The second-order valence-corrected chi connectivity index (χ2v) is 5.68. The number of pyridine rings is 1. The predicted octanol–water partition coefficient (Wildman–Crippen LogP) is 1.83. The Kier molecular flexibility index (Phi) is 7.66. The van der Waals surface area contributed by atoms with Crippen LogP contribution in [0.4, 0.5) is 0 Å². The van der Waals surface area contributed by atoms with Crippen LogP contribution in [0.25, 0.3) is 0 Å². The standard InChI is InChI=1S/C16H21N5O.2ClH/c1-13-4-2-7-18-14(13)12-19-15(22)16(5-9-17-10-6-16)21-11-3-8-20-21;;/h2-4,7-8,11,17H,5-6,9-10,12H2,1H3,(H,19,22);2*1H. The van der Waals surface area contributed by atoms with E-state index in [1.807, 2.05) is 31.3 Å². The second kappa shape index (κ2) is 9.01. The Morgan fingerprint density at radius 2 is 2.04 bits per heavy atom. The van der Waals surface area contributed by atoms with Gasteiger partial charge in [-0.3, -0.25) is 14.5 Å². The van der Waals surface area contributed by atoms with Gasteiger partial charge in [0.05, 0.1) is 12.2 Å². The molecule has 3 rings (SSSR count). The van der Waals surface area contributed by atoms with E-state index in [9.17, 15) is 4.79 Å². The van der Waals surface area contributed by atoms with Crippen molar-refractivity contribution < 1.29 is 4.79 Å². The molecule has 0 bridgehead atoms. The molecule has 8 heteroatoms. The molecule has 2 aromatic rings. The van der Waals surface area contributed by atoms with Crippen LogP contribution in [0.1, 0.15) is 24.1 Å². The lowest BCUT2D eigenvalue weighted by Gasteiger charge is -2.36. The SMILES string of the molecule is Cc1cccnc1CNC(=O)C1(n2cccn2)CCNCC1.Cl.Cl. The van der Waals surface area contributed by atoms with E-state index in [-0.39, 0.29) is 30.7 Å². The van der Waals surface area contributed by atoms with Gasteiger partial charge in [-0.15, -0.1) is 24.8 Å². The van der Waals surface area contributed by atoms with E-state index >= 15 is 0 Å². The molecule has 3 heterocycles. The first-order valence-corrected chi connectivity index (χ1v) is 7.62. The minimum absolute atomic E-state index is 0. The van der Waals surface area contributed by atoms with Crippen LogP contribution < -0.4 is 10.6 Å². The van der Waals surface area contributed by atoms with Crippen LogP contribution in [-0.2, 0) is 16.9 Å². The average molecular weight is 372 g/mol. The second-order valence-electron chi connectivity index (χ2n) is 5.68. The number of carbonyl (C=O) groups excluding carboxylic acids is 1. The van der Waals surface area contributed by atoms with Crippen molar-refractivity contribution in [2.45, 2.75) is 31.8 Å². The summed E-state index contributed by atoms with van der Waals surface area (Å²) in [7, 11) is 0. The molecule has 2 aromatic heterocycles. The summed E-state index contributed by atoms with van der Waals surface area (Å²) in [6, 6.07) is 5.76. The zero-order chi connectivity index (χ0) is 15.4. The van der Waals surface area contributed by atoms with E-state index in [2.05, 4.69) is 20.7 Å². The van der Waals surface area contributed by atoms with Crippen molar-refractivity contribution in [1.82, 2.24) is 25.4 Å². The van der Waals surface area contributed by atoms with Crippen LogP contribution in [0.15, 0.2) is 36.8 Å². The number of aryl methyl sites for hydroxylation is 1. The average Bonchev–Trinajstić information content (AvgIpc) is 3.09. The van der Waals surface area contributed by atoms with Crippen molar-refractivity contribution in [2.75, 3.05) is 13.1 Å². The lowest BCUT2D eigenvalue weighted by Crippen LogP contribution is -2.54. The zero-order valence-electron chi connectivity index (χ0n) is 13.6. The number of aromatic nitrogens is 3. The van der Waals surface area contributed by atoms with E-state index in [1.54, 1.807) is 17.1 Å². The van der Waals surface area contributed by atoms with E-state index in [0.717, 1.165) is 37.2 Å². The number of rotatable bonds is 4. The van der Waals surface area contributed by atoms with Gasteiger partial charge in [0, 0.05) is 18.6 Å². The molecule has 0 spiro atoms. The highest BCUT2D eigenvalue weighted by atomic mass is 35.5. The van der Waals surface area contributed by atoms with E-state index < -0.39 is 5.54 Å². The van der Waals surface area contributed by atoms with Gasteiger partial charge < -0.3 is 10.6 Å². The quantitative estimate of drug-likeness (QED) is 0.859. The van der Waals surface area contributed by atoms with Crippen molar-refractivity contribution in [3.05, 3.63) is 48.0 Å². The molecule has 1 aliphatic rings. The maximum absolute atomic E-state index is 12.9. The lowest BCUT2D eigenvalue weighted by atomic mass is 9.87.